The molecule has 0 saturated heterocycles. The Kier molecular flexibility index (Phi) is 3.62. The van der Waals surface area contributed by atoms with Crippen molar-refractivity contribution in [3.05, 3.63) is 36.0 Å². The molecule has 0 saturated carbocycles. The summed E-state index contributed by atoms with van der Waals surface area (Å²) in [6.07, 6.45) is 2.09. The Balaban J connectivity index is 2.01. The van der Waals surface area contributed by atoms with E-state index in [1.54, 1.807) is 0 Å². The van der Waals surface area contributed by atoms with Crippen LogP contribution in [0.5, 0.6) is 0 Å². The average Bonchev–Trinajstić information content (AvgIpc) is 2.79. The topological polar surface area (TPSA) is 74.0 Å². The van der Waals surface area contributed by atoms with Crippen LogP contribution in [0, 0.1) is 0 Å². The zero-order valence-corrected chi connectivity index (χ0v) is 10.1. The van der Waals surface area contributed by atoms with Gasteiger partial charge in [-0.15, -0.1) is 0 Å². The second-order valence-corrected chi connectivity index (χ2v) is 3.99. The largest absolute Gasteiger partial charge is 0.361 e. The highest BCUT2D eigenvalue weighted by Crippen LogP contribution is 2.17. The molecule has 2 aromatic rings. The van der Waals surface area contributed by atoms with Crippen LogP contribution >= 0.6 is 0 Å². The van der Waals surface area contributed by atoms with E-state index in [4.69, 9.17) is 0 Å². The molecule has 0 aliphatic heterocycles. The fourth-order valence-electron chi connectivity index (χ4n) is 1.78. The minimum absolute atomic E-state index is 0.0116. The molecule has 0 fully saturated rings. The van der Waals surface area contributed by atoms with Crippen molar-refractivity contribution < 1.29 is 9.59 Å². The Bertz CT molecular complexity index is 574. The van der Waals surface area contributed by atoms with Crippen LogP contribution in [0.4, 0.5) is 0 Å². The summed E-state index contributed by atoms with van der Waals surface area (Å²) in [5.41, 5.74) is 1.94. The molecule has 94 valence electrons. The number of benzene rings is 1. The first-order valence-corrected chi connectivity index (χ1v) is 5.73. The minimum atomic E-state index is -0.206. The maximum Gasteiger partial charge on any atom is 0.239 e. The van der Waals surface area contributed by atoms with E-state index in [0.717, 1.165) is 16.5 Å². The lowest BCUT2D eigenvalue weighted by atomic mass is 10.1. The molecule has 0 radical (unpaired) electrons. The van der Waals surface area contributed by atoms with Crippen molar-refractivity contribution in [2.75, 3.05) is 13.6 Å². The molecular formula is C13H15N3O2. The second-order valence-electron chi connectivity index (χ2n) is 3.99. The zero-order valence-electron chi connectivity index (χ0n) is 10.1. The van der Waals surface area contributed by atoms with Gasteiger partial charge in [-0.05, 0) is 11.6 Å². The summed E-state index contributed by atoms with van der Waals surface area (Å²) < 4.78 is 0. The lowest BCUT2D eigenvalue weighted by Gasteiger charge is -2.03. The van der Waals surface area contributed by atoms with E-state index in [2.05, 4.69) is 15.6 Å². The quantitative estimate of drug-likeness (QED) is 0.737. The summed E-state index contributed by atoms with van der Waals surface area (Å²) >= 11 is 0. The number of amides is 2. The highest BCUT2D eigenvalue weighted by Gasteiger charge is 2.09. The summed E-state index contributed by atoms with van der Waals surface area (Å²) in [7, 11) is 1.54. The molecule has 0 aliphatic rings. The molecule has 0 unspecified atom stereocenters. The number of nitrogens with one attached hydrogen (secondary N) is 3. The Labute approximate surface area is 105 Å². The van der Waals surface area contributed by atoms with Gasteiger partial charge in [0.25, 0.3) is 0 Å². The number of carbonyl (C=O) groups is 2. The number of hydrogen-bond acceptors (Lipinski definition) is 2. The molecule has 0 atom stereocenters. The van der Waals surface area contributed by atoms with Gasteiger partial charge in [0.05, 0.1) is 13.0 Å². The molecule has 5 heteroatoms. The normalized spacial score (nSPS) is 10.3. The van der Waals surface area contributed by atoms with Crippen molar-refractivity contribution in [1.29, 1.82) is 0 Å². The van der Waals surface area contributed by atoms with E-state index in [-0.39, 0.29) is 24.8 Å². The van der Waals surface area contributed by atoms with Gasteiger partial charge in [-0.25, -0.2) is 0 Å². The van der Waals surface area contributed by atoms with Crippen molar-refractivity contribution in [2.45, 2.75) is 6.42 Å². The number of likely N-dealkylation sites (N-methyl/N-ethyl adjacent to an activating group) is 1. The molecule has 2 rings (SSSR count). The van der Waals surface area contributed by atoms with Gasteiger partial charge in [0.1, 0.15) is 0 Å². The molecule has 18 heavy (non-hydrogen) atoms. The van der Waals surface area contributed by atoms with Gasteiger partial charge < -0.3 is 15.6 Å². The molecule has 0 spiro atoms. The van der Waals surface area contributed by atoms with Crippen LogP contribution in [-0.2, 0) is 16.0 Å². The molecule has 1 aromatic carbocycles. The fourth-order valence-corrected chi connectivity index (χ4v) is 1.78. The van der Waals surface area contributed by atoms with E-state index in [1.807, 2.05) is 30.5 Å². The number of H-pyrrole nitrogens is 1. The van der Waals surface area contributed by atoms with Crippen molar-refractivity contribution in [3.8, 4) is 0 Å². The standard InChI is InChI=1S/C13H15N3O2/c1-14-13(18)8-16-12(17)6-9-7-15-11-5-3-2-4-10(9)11/h2-5,7,15H,6,8H2,1H3,(H,14,18)(H,16,17). The van der Waals surface area contributed by atoms with E-state index < -0.39 is 0 Å². The van der Waals surface area contributed by atoms with E-state index in [0.29, 0.717) is 0 Å². The Morgan fingerprint density at radius 3 is 2.78 bits per heavy atom. The first kappa shape index (κ1) is 12.2. The number of carbonyl (C=O) groups excluding carboxylic acids is 2. The summed E-state index contributed by atoms with van der Waals surface area (Å²) in [5, 5.41) is 6.06. The van der Waals surface area contributed by atoms with Gasteiger partial charge in [0.15, 0.2) is 0 Å². The lowest BCUT2D eigenvalue weighted by molar-refractivity contribution is -0.125. The highest BCUT2D eigenvalue weighted by atomic mass is 16.2. The molecule has 2 amide bonds. The van der Waals surface area contributed by atoms with Crippen LogP contribution in [0.1, 0.15) is 5.56 Å². The van der Waals surface area contributed by atoms with E-state index in [9.17, 15) is 9.59 Å². The maximum absolute atomic E-state index is 11.7. The molecule has 0 aliphatic carbocycles. The minimum Gasteiger partial charge on any atom is -0.361 e. The van der Waals surface area contributed by atoms with Crippen LogP contribution in [-0.4, -0.2) is 30.4 Å². The van der Waals surface area contributed by atoms with Crippen molar-refractivity contribution in [1.82, 2.24) is 15.6 Å². The van der Waals surface area contributed by atoms with Crippen LogP contribution in [0.15, 0.2) is 30.5 Å². The van der Waals surface area contributed by atoms with Crippen molar-refractivity contribution in [3.63, 3.8) is 0 Å². The monoisotopic (exact) mass is 245 g/mol. The Morgan fingerprint density at radius 2 is 2.00 bits per heavy atom. The van der Waals surface area contributed by atoms with Gasteiger partial charge in [0.2, 0.25) is 11.8 Å². The summed E-state index contributed by atoms with van der Waals surface area (Å²) in [6, 6.07) is 7.80. The van der Waals surface area contributed by atoms with Crippen LogP contribution in [0.3, 0.4) is 0 Å². The van der Waals surface area contributed by atoms with E-state index in [1.165, 1.54) is 7.05 Å². The molecule has 3 N–H and O–H groups in total. The first-order valence-electron chi connectivity index (χ1n) is 5.73. The predicted molar refractivity (Wildman–Crippen MR) is 69.1 cm³/mol. The average molecular weight is 245 g/mol. The second kappa shape index (κ2) is 5.35. The number of aromatic nitrogens is 1. The summed E-state index contributed by atoms with van der Waals surface area (Å²) in [6.45, 7) is 0.0116. The van der Waals surface area contributed by atoms with Crippen molar-refractivity contribution >= 4 is 22.7 Å². The van der Waals surface area contributed by atoms with Gasteiger partial charge >= 0.3 is 0 Å². The van der Waals surface area contributed by atoms with Crippen LogP contribution < -0.4 is 10.6 Å². The number of fused-ring (bicyclic) bond motifs is 1. The third-order valence-electron chi connectivity index (χ3n) is 2.75. The maximum atomic E-state index is 11.7. The van der Waals surface area contributed by atoms with Gasteiger partial charge in [-0.3, -0.25) is 9.59 Å². The zero-order chi connectivity index (χ0) is 13.0. The van der Waals surface area contributed by atoms with Crippen LogP contribution in [0.2, 0.25) is 0 Å². The van der Waals surface area contributed by atoms with Gasteiger partial charge in [-0.1, -0.05) is 18.2 Å². The predicted octanol–water partition coefficient (Wildman–Crippen LogP) is 0.573. The van der Waals surface area contributed by atoms with Crippen LogP contribution in [0.25, 0.3) is 10.9 Å². The molecular weight excluding hydrogens is 230 g/mol. The third kappa shape index (κ3) is 2.68. The number of aromatic amines is 1. The number of para-hydroxylation sites is 1. The van der Waals surface area contributed by atoms with Gasteiger partial charge in [-0.2, -0.15) is 0 Å². The molecule has 5 nitrogen and oxygen atoms in total. The first-order chi connectivity index (χ1) is 8.70. The Hall–Kier alpha value is -2.30. The fraction of sp³-hybridized carbons (Fsp3) is 0.231. The molecule has 1 heterocycles. The smallest absolute Gasteiger partial charge is 0.239 e. The molecule has 1 aromatic heterocycles. The lowest BCUT2D eigenvalue weighted by Crippen LogP contribution is -2.35. The Morgan fingerprint density at radius 1 is 1.22 bits per heavy atom. The molecule has 0 bridgehead atoms. The summed E-state index contributed by atoms with van der Waals surface area (Å²) in [5.74, 6) is -0.370. The number of rotatable bonds is 4. The van der Waals surface area contributed by atoms with Crippen molar-refractivity contribution in [2.24, 2.45) is 0 Å². The number of hydrogen-bond donors (Lipinski definition) is 3. The van der Waals surface area contributed by atoms with Gasteiger partial charge in [0, 0.05) is 24.1 Å². The van der Waals surface area contributed by atoms with E-state index >= 15 is 0 Å². The summed E-state index contributed by atoms with van der Waals surface area (Å²) in [4.78, 5) is 25.8. The highest BCUT2D eigenvalue weighted by molar-refractivity contribution is 5.90. The third-order valence-corrected chi connectivity index (χ3v) is 2.75. The SMILES string of the molecule is CNC(=O)CNC(=O)Cc1c[nH]c2ccccc12.